The molecule has 1 aromatic heterocycles. The average molecular weight is 285 g/mol. The SMILES string of the molecule is COc1cc(C)sc1C(=O)NCC(C)(C)CC(C)O. The molecule has 0 aliphatic rings. The predicted molar refractivity (Wildman–Crippen MR) is 78.0 cm³/mol. The van der Waals surface area contributed by atoms with Crippen LogP contribution in [0.15, 0.2) is 6.07 Å². The molecule has 0 fully saturated rings. The standard InChI is InChI=1S/C14H23NO3S/c1-9(16)7-14(3,4)8-15-13(17)12-11(18-5)6-10(2)19-12/h6,9,16H,7-8H2,1-5H3,(H,15,17). The summed E-state index contributed by atoms with van der Waals surface area (Å²) in [6.45, 7) is 8.28. The van der Waals surface area contributed by atoms with Crippen molar-refractivity contribution in [3.8, 4) is 5.75 Å². The van der Waals surface area contributed by atoms with Gasteiger partial charge in [-0.2, -0.15) is 0 Å². The Morgan fingerprint density at radius 2 is 2.21 bits per heavy atom. The van der Waals surface area contributed by atoms with Crippen LogP contribution in [0.4, 0.5) is 0 Å². The first-order valence-corrected chi connectivity index (χ1v) is 7.17. The normalized spacial score (nSPS) is 13.2. The van der Waals surface area contributed by atoms with E-state index in [2.05, 4.69) is 5.32 Å². The smallest absolute Gasteiger partial charge is 0.265 e. The van der Waals surface area contributed by atoms with E-state index in [1.54, 1.807) is 14.0 Å². The minimum atomic E-state index is -0.370. The maximum atomic E-state index is 12.1. The Balaban J connectivity index is 2.65. The van der Waals surface area contributed by atoms with E-state index < -0.39 is 0 Å². The fourth-order valence-electron chi connectivity index (χ4n) is 2.07. The van der Waals surface area contributed by atoms with Crippen molar-refractivity contribution in [2.24, 2.45) is 5.41 Å². The number of methoxy groups -OCH3 is 1. The first kappa shape index (κ1) is 16.0. The molecule has 1 amide bonds. The molecule has 0 radical (unpaired) electrons. The lowest BCUT2D eigenvalue weighted by molar-refractivity contribution is 0.0903. The highest BCUT2D eigenvalue weighted by molar-refractivity contribution is 7.14. The van der Waals surface area contributed by atoms with Crippen molar-refractivity contribution in [3.63, 3.8) is 0 Å². The molecule has 1 rings (SSSR count). The summed E-state index contributed by atoms with van der Waals surface area (Å²) in [6, 6.07) is 1.86. The molecule has 0 saturated carbocycles. The van der Waals surface area contributed by atoms with Crippen LogP contribution < -0.4 is 10.1 Å². The second-order valence-corrected chi connectivity index (χ2v) is 6.91. The van der Waals surface area contributed by atoms with Gasteiger partial charge in [-0.25, -0.2) is 0 Å². The number of aliphatic hydroxyl groups excluding tert-OH is 1. The van der Waals surface area contributed by atoms with E-state index in [0.717, 1.165) is 4.88 Å². The third-order valence-electron chi connectivity index (χ3n) is 2.82. The molecule has 1 aromatic rings. The summed E-state index contributed by atoms with van der Waals surface area (Å²) in [5, 5.41) is 12.3. The Hall–Kier alpha value is -1.07. The fourth-order valence-corrected chi connectivity index (χ4v) is 2.97. The van der Waals surface area contributed by atoms with Gasteiger partial charge in [-0.3, -0.25) is 4.79 Å². The van der Waals surface area contributed by atoms with Crippen molar-refractivity contribution in [1.82, 2.24) is 5.32 Å². The van der Waals surface area contributed by atoms with Crippen molar-refractivity contribution < 1.29 is 14.6 Å². The first-order chi connectivity index (χ1) is 8.75. The number of rotatable bonds is 6. The monoisotopic (exact) mass is 285 g/mol. The first-order valence-electron chi connectivity index (χ1n) is 6.36. The van der Waals surface area contributed by atoms with Gasteiger partial charge in [-0.05, 0) is 31.7 Å². The van der Waals surface area contributed by atoms with Crippen LogP contribution in [0.5, 0.6) is 5.75 Å². The summed E-state index contributed by atoms with van der Waals surface area (Å²) >= 11 is 1.43. The van der Waals surface area contributed by atoms with Crippen LogP contribution in [0.2, 0.25) is 0 Å². The van der Waals surface area contributed by atoms with E-state index in [1.165, 1.54) is 11.3 Å². The predicted octanol–water partition coefficient (Wildman–Crippen LogP) is 2.59. The molecule has 0 saturated heterocycles. The minimum absolute atomic E-state index is 0.117. The molecule has 108 valence electrons. The molecule has 19 heavy (non-hydrogen) atoms. The third kappa shape index (κ3) is 4.84. The minimum Gasteiger partial charge on any atom is -0.495 e. The van der Waals surface area contributed by atoms with Crippen LogP contribution >= 0.6 is 11.3 Å². The summed E-state index contributed by atoms with van der Waals surface area (Å²) in [5.74, 6) is 0.502. The van der Waals surface area contributed by atoms with Gasteiger partial charge in [-0.1, -0.05) is 13.8 Å². The number of hydrogen-bond donors (Lipinski definition) is 2. The molecule has 0 aliphatic heterocycles. The van der Waals surface area contributed by atoms with Gasteiger partial charge in [0.05, 0.1) is 13.2 Å². The maximum Gasteiger partial charge on any atom is 0.265 e. The lowest BCUT2D eigenvalue weighted by Gasteiger charge is -2.26. The van der Waals surface area contributed by atoms with Crippen molar-refractivity contribution in [3.05, 3.63) is 15.8 Å². The van der Waals surface area contributed by atoms with Crippen molar-refractivity contribution >= 4 is 17.2 Å². The quantitative estimate of drug-likeness (QED) is 0.844. The number of hydrogen-bond acceptors (Lipinski definition) is 4. The van der Waals surface area contributed by atoms with Crippen LogP contribution in [-0.4, -0.2) is 30.8 Å². The summed E-state index contributed by atoms with van der Waals surface area (Å²) in [6.07, 6.45) is 0.277. The number of carbonyl (C=O) groups excluding carboxylic acids is 1. The van der Waals surface area contributed by atoms with Gasteiger partial charge in [0.25, 0.3) is 5.91 Å². The second kappa shape index (κ2) is 6.39. The highest BCUT2D eigenvalue weighted by Crippen LogP contribution is 2.29. The topological polar surface area (TPSA) is 58.6 Å². The molecule has 1 heterocycles. The zero-order chi connectivity index (χ0) is 14.6. The van der Waals surface area contributed by atoms with E-state index in [1.807, 2.05) is 26.8 Å². The van der Waals surface area contributed by atoms with Gasteiger partial charge in [-0.15, -0.1) is 11.3 Å². The number of carbonyl (C=O) groups is 1. The molecule has 5 heteroatoms. The molecule has 4 nitrogen and oxygen atoms in total. The number of amides is 1. The molecular formula is C14H23NO3S. The van der Waals surface area contributed by atoms with Crippen LogP contribution in [0, 0.1) is 12.3 Å². The number of ether oxygens (including phenoxy) is 1. The zero-order valence-electron chi connectivity index (χ0n) is 12.2. The zero-order valence-corrected chi connectivity index (χ0v) is 13.1. The van der Waals surface area contributed by atoms with E-state index in [0.29, 0.717) is 23.6 Å². The average Bonchev–Trinajstić information content (AvgIpc) is 2.66. The highest BCUT2D eigenvalue weighted by atomic mass is 32.1. The number of nitrogens with one attached hydrogen (secondary N) is 1. The molecule has 1 unspecified atom stereocenters. The van der Waals surface area contributed by atoms with E-state index in [-0.39, 0.29) is 17.4 Å². The molecule has 2 N–H and O–H groups in total. The largest absolute Gasteiger partial charge is 0.495 e. The second-order valence-electron chi connectivity index (χ2n) is 5.65. The Labute approximate surface area is 118 Å². The summed E-state index contributed by atoms with van der Waals surface area (Å²) in [7, 11) is 1.57. The third-order valence-corrected chi connectivity index (χ3v) is 3.85. The van der Waals surface area contributed by atoms with Crippen LogP contribution in [0.25, 0.3) is 0 Å². The lowest BCUT2D eigenvalue weighted by atomic mass is 9.87. The molecular weight excluding hydrogens is 262 g/mol. The van der Waals surface area contributed by atoms with Gasteiger partial charge in [0.15, 0.2) is 0 Å². The number of aryl methyl sites for hydroxylation is 1. The van der Waals surface area contributed by atoms with Crippen LogP contribution in [0.1, 0.15) is 41.7 Å². The lowest BCUT2D eigenvalue weighted by Crippen LogP contribution is -2.35. The molecule has 0 aromatic carbocycles. The Morgan fingerprint density at radius 3 is 2.74 bits per heavy atom. The van der Waals surface area contributed by atoms with Crippen molar-refractivity contribution in [2.45, 2.75) is 40.2 Å². The van der Waals surface area contributed by atoms with Crippen LogP contribution in [-0.2, 0) is 0 Å². The van der Waals surface area contributed by atoms with Gasteiger partial charge in [0.1, 0.15) is 10.6 Å². The number of aliphatic hydroxyl groups is 1. The maximum absolute atomic E-state index is 12.1. The van der Waals surface area contributed by atoms with E-state index in [9.17, 15) is 9.90 Å². The van der Waals surface area contributed by atoms with Crippen molar-refractivity contribution in [1.29, 1.82) is 0 Å². The van der Waals surface area contributed by atoms with E-state index >= 15 is 0 Å². The Morgan fingerprint density at radius 1 is 1.58 bits per heavy atom. The Kier molecular flexibility index (Phi) is 5.38. The highest BCUT2D eigenvalue weighted by Gasteiger charge is 2.23. The van der Waals surface area contributed by atoms with Crippen LogP contribution in [0.3, 0.4) is 0 Å². The van der Waals surface area contributed by atoms with Gasteiger partial charge in [0.2, 0.25) is 0 Å². The van der Waals surface area contributed by atoms with E-state index in [4.69, 9.17) is 4.74 Å². The molecule has 0 spiro atoms. The molecule has 0 aliphatic carbocycles. The molecule has 0 bridgehead atoms. The fraction of sp³-hybridized carbons (Fsp3) is 0.643. The Bertz CT molecular complexity index is 438. The number of thiophene rings is 1. The van der Waals surface area contributed by atoms with Gasteiger partial charge < -0.3 is 15.2 Å². The summed E-state index contributed by atoms with van der Waals surface area (Å²) < 4.78 is 5.19. The van der Waals surface area contributed by atoms with Gasteiger partial charge in [0, 0.05) is 11.4 Å². The summed E-state index contributed by atoms with van der Waals surface area (Å²) in [4.78, 5) is 13.8. The summed E-state index contributed by atoms with van der Waals surface area (Å²) in [5.41, 5.74) is -0.136. The van der Waals surface area contributed by atoms with Gasteiger partial charge >= 0.3 is 0 Å². The van der Waals surface area contributed by atoms with Crippen molar-refractivity contribution in [2.75, 3.05) is 13.7 Å². The molecule has 1 atom stereocenters.